The summed E-state index contributed by atoms with van der Waals surface area (Å²) in [5, 5.41) is 3.36. The number of methoxy groups -OCH3 is 1. The Kier molecular flexibility index (Phi) is 4.00. The van der Waals surface area contributed by atoms with Gasteiger partial charge >= 0.3 is 0 Å². The number of hydrogen-bond acceptors (Lipinski definition) is 3. The molecule has 0 aromatic heterocycles. The minimum absolute atomic E-state index is 0.164. The predicted molar refractivity (Wildman–Crippen MR) is 82.4 cm³/mol. The van der Waals surface area contributed by atoms with Crippen molar-refractivity contribution in [3.05, 3.63) is 34.9 Å². The Morgan fingerprint density at radius 2 is 2.29 bits per heavy atom. The maximum absolute atomic E-state index is 12.9. The first-order valence-electron chi connectivity index (χ1n) is 7.79. The summed E-state index contributed by atoms with van der Waals surface area (Å²) < 4.78 is 5.60. The molecule has 4 heteroatoms. The summed E-state index contributed by atoms with van der Waals surface area (Å²) in [5.41, 5.74) is 3.17. The molecular weight excluding hydrogens is 264 g/mol. The van der Waals surface area contributed by atoms with Gasteiger partial charge in [-0.2, -0.15) is 0 Å². The zero-order chi connectivity index (χ0) is 14.9. The van der Waals surface area contributed by atoms with E-state index in [2.05, 4.69) is 18.3 Å². The molecule has 1 amide bonds. The summed E-state index contributed by atoms with van der Waals surface area (Å²) in [6, 6.07) is 6.09. The molecule has 0 radical (unpaired) electrons. The SMILES string of the molecule is COC1(C)CCCN(C(=O)c2cccc3c2CCNC3)C1. The fourth-order valence-corrected chi connectivity index (χ4v) is 3.45. The molecule has 114 valence electrons. The second kappa shape index (κ2) is 5.78. The van der Waals surface area contributed by atoms with E-state index in [1.54, 1.807) is 7.11 Å². The molecule has 3 rings (SSSR count). The summed E-state index contributed by atoms with van der Waals surface area (Å²) in [7, 11) is 1.74. The first-order valence-corrected chi connectivity index (χ1v) is 7.79. The van der Waals surface area contributed by atoms with Gasteiger partial charge in [-0.15, -0.1) is 0 Å². The van der Waals surface area contributed by atoms with Crippen molar-refractivity contribution in [2.24, 2.45) is 0 Å². The van der Waals surface area contributed by atoms with E-state index < -0.39 is 0 Å². The van der Waals surface area contributed by atoms with Gasteiger partial charge in [0.25, 0.3) is 5.91 Å². The molecular formula is C17H24N2O2. The average molecular weight is 288 g/mol. The smallest absolute Gasteiger partial charge is 0.254 e. The van der Waals surface area contributed by atoms with E-state index in [-0.39, 0.29) is 11.5 Å². The molecule has 4 nitrogen and oxygen atoms in total. The van der Waals surface area contributed by atoms with Gasteiger partial charge in [-0.25, -0.2) is 0 Å². The van der Waals surface area contributed by atoms with E-state index in [1.165, 1.54) is 11.1 Å². The van der Waals surface area contributed by atoms with E-state index in [1.807, 2.05) is 17.0 Å². The van der Waals surface area contributed by atoms with Gasteiger partial charge in [-0.1, -0.05) is 12.1 Å². The van der Waals surface area contributed by atoms with Gasteiger partial charge in [0.2, 0.25) is 0 Å². The third-order valence-corrected chi connectivity index (χ3v) is 4.81. The Balaban J connectivity index is 1.85. The van der Waals surface area contributed by atoms with Crippen molar-refractivity contribution in [3.63, 3.8) is 0 Å². The Hall–Kier alpha value is -1.39. The highest BCUT2D eigenvalue weighted by atomic mass is 16.5. The van der Waals surface area contributed by atoms with Crippen LogP contribution in [-0.4, -0.2) is 43.2 Å². The number of amides is 1. The molecule has 0 spiro atoms. The molecule has 2 aliphatic rings. The van der Waals surface area contributed by atoms with Crippen LogP contribution in [0.4, 0.5) is 0 Å². The van der Waals surface area contributed by atoms with Crippen LogP contribution in [-0.2, 0) is 17.7 Å². The number of benzene rings is 1. The summed E-state index contributed by atoms with van der Waals surface area (Å²) in [5.74, 6) is 0.164. The number of nitrogens with one attached hydrogen (secondary N) is 1. The van der Waals surface area contributed by atoms with Crippen molar-refractivity contribution < 1.29 is 9.53 Å². The van der Waals surface area contributed by atoms with Crippen LogP contribution in [0.1, 0.15) is 41.3 Å². The van der Waals surface area contributed by atoms with Crippen molar-refractivity contribution in [2.75, 3.05) is 26.7 Å². The highest BCUT2D eigenvalue weighted by molar-refractivity contribution is 5.96. The topological polar surface area (TPSA) is 41.6 Å². The van der Waals surface area contributed by atoms with Crippen LogP contribution < -0.4 is 5.32 Å². The number of hydrogen-bond donors (Lipinski definition) is 1. The molecule has 0 bridgehead atoms. The van der Waals surface area contributed by atoms with Crippen LogP contribution in [0.15, 0.2) is 18.2 Å². The molecule has 2 aliphatic heterocycles. The minimum atomic E-state index is -0.204. The van der Waals surface area contributed by atoms with Crippen molar-refractivity contribution >= 4 is 5.91 Å². The van der Waals surface area contributed by atoms with Crippen molar-refractivity contribution in [1.82, 2.24) is 10.2 Å². The number of rotatable bonds is 2. The molecule has 1 aromatic carbocycles. The van der Waals surface area contributed by atoms with Crippen LogP contribution >= 0.6 is 0 Å². The van der Waals surface area contributed by atoms with Crippen LogP contribution in [0.3, 0.4) is 0 Å². The zero-order valence-electron chi connectivity index (χ0n) is 12.9. The number of ether oxygens (including phenoxy) is 1. The van der Waals surface area contributed by atoms with Crippen LogP contribution in [0.25, 0.3) is 0 Å². The predicted octanol–water partition coefficient (Wildman–Crippen LogP) is 1.97. The maximum atomic E-state index is 12.9. The average Bonchev–Trinajstić information content (AvgIpc) is 2.54. The first kappa shape index (κ1) is 14.5. The molecule has 1 saturated heterocycles. The Bertz CT molecular complexity index is 544. The number of likely N-dealkylation sites (tertiary alicyclic amines) is 1. The molecule has 1 N–H and O–H groups in total. The van der Waals surface area contributed by atoms with E-state index in [0.29, 0.717) is 6.54 Å². The zero-order valence-corrected chi connectivity index (χ0v) is 12.9. The van der Waals surface area contributed by atoms with Gasteiger partial charge in [-0.05, 0) is 49.9 Å². The van der Waals surface area contributed by atoms with Crippen molar-refractivity contribution in [2.45, 2.75) is 38.3 Å². The Morgan fingerprint density at radius 3 is 3.10 bits per heavy atom. The summed E-state index contributed by atoms with van der Waals surface area (Å²) in [6.45, 7) is 5.43. The molecule has 1 fully saturated rings. The molecule has 21 heavy (non-hydrogen) atoms. The van der Waals surface area contributed by atoms with E-state index in [9.17, 15) is 4.79 Å². The van der Waals surface area contributed by atoms with Gasteiger partial charge in [0, 0.05) is 32.3 Å². The van der Waals surface area contributed by atoms with Crippen LogP contribution in [0.5, 0.6) is 0 Å². The number of fused-ring (bicyclic) bond motifs is 1. The maximum Gasteiger partial charge on any atom is 0.254 e. The number of carbonyl (C=O) groups excluding carboxylic acids is 1. The highest BCUT2D eigenvalue weighted by Crippen LogP contribution is 2.27. The standard InChI is InChI=1S/C17H24N2O2/c1-17(21-2)8-4-10-19(12-17)16(20)15-6-3-5-13-11-18-9-7-14(13)15/h3,5-6,18H,4,7-12H2,1-2H3. The molecule has 1 atom stereocenters. The second-order valence-electron chi connectivity index (χ2n) is 6.35. The first-order chi connectivity index (χ1) is 10.1. The summed E-state index contributed by atoms with van der Waals surface area (Å²) >= 11 is 0. The van der Waals surface area contributed by atoms with Gasteiger partial charge in [-0.3, -0.25) is 4.79 Å². The molecule has 1 unspecified atom stereocenters. The van der Waals surface area contributed by atoms with Gasteiger partial charge in [0.1, 0.15) is 0 Å². The molecule has 0 saturated carbocycles. The summed E-state index contributed by atoms with van der Waals surface area (Å²) in [4.78, 5) is 14.9. The molecule has 0 aliphatic carbocycles. The van der Waals surface area contributed by atoms with Crippen LogP contribution in [0, 0.1) is 0 Å². The second-order valence-corrected chi connectivity index (χ2v) is 6.35. The van der Waals surface area contributed by atoms with Gasteiger partial charge < -0.3 is 15.0 Å². The van der Waals surface area contributed by atoms with Gasteiger partial charge in [0.05, 0.1) is 5.60 Å². The molecule has 1 aromatic rings. The van der Waals surface area contributed by atoms with E-state index in [4.69, 9.17) is 4.74 Å². The lowest BCUT2D eigenvalue weighted by atomic mass is 9.91. The van der Waals surface area contributed by atoms with Crippen molar-refractivity contribution in [3.8, 4) is 0 Å². The lowest BCUT2D eigenvalue weighted by Gasteiger charge is -2.39. The minimum Gasteiger partial charge on any atom is -0.377 e. The van der Waals surface area contributed by atoms with E-state index in [0.717, 1.165) is 44.5 Å². The number of nitrogens with zero attached hydrogens (tertiary/aromatic N) is 1. The number of carbonyl (C=O) groups is 1. The molecule has 2 heterocycles. The van der Waals surface area contributed by atoms with Crippen LogP contribution in [0.2, 0.25) is 0 Å². The Labute approximate surface area is 126 Å². The fraction of sp³-hybridized carbons (Fsp3) is 0.588. The third kappa shape index (κ3) is 2.83. The normalized spacial score (nSPS) is 25.5. The number of piperidine rings is 1. The Morgan fingerprint density at radius 1 is 1.43 bits per heavy atom. The quantitative estimate of drug-likeness (QED) is 0.904. The lowest BCUT2D eigenvalue weighted by molar-refractivity contribution is -0.0440. The van der Waals surface area contributed by atoms with Crippen molar-refractivity contribution in [1.29, 1.82) is 0 Å². The highest BCUT2D eigenvalue weighted by Gasteiger charge is 2.34. The van der Waals surface area contributed by atoms with E-state index >= 15 is 0 Å². The third-order valence-electron chi connectivity index (χ3n) is 4.81. The fourth-order valence-electron chi connectivity index (χ4n) is 3.45. The monoisotopic (exact) mass is 288 g/mol. The summed E-state index contributed by atoms with van der Waals surface area (Å²) in [6.07, 6.45) is 2.96. The lowest BCUT2D eigenvalue weighted by Crippen LogP contribution is -2.49. The largest absolute Gasteiger partial charge is 0.377 e. The van der Waals surface area contributed by atoms with Gasteiger partial charge in [0.15, 0.2) is 0 Å².